The topological polar surface area (TPSA) is 87.5 Å². The summed E-state index contributed by atoms with van der Waals surface area (Å²) in [6, 6.07) is 5.23. The first-order valence-electron chi connectivity index (χ1n) is 7.27. The Morgan fingerprint density at radius 1 is 1.43 bits per heavy atom. The number of rotatable bonds is 6. The zero-order valence-corrected chi connectivity index (χ0v) is 13.4. The minimum atomic E-state index is -3.45. The van der Waals surface area contributed by atoms with Crippen molar-refractivity contribution < 1.29 is 8.42 Å². The molecule has 1 atom stereocenters. The summed E-state index contributed by atoms with van der Waals surface area (Å²) in [6.07, 6.45) is 2.35. The summed E-state index contributed by atoms with van der Waals surface area (Å²) in [5.41, 5.74) is 7.17. The Bertz CT molecular complexity index is 589. The number of nitrogens with two attached hydrogens (primary N) is 1. The molecule has 0 aromatic heterocycles. The maximum Gasteiger partial charge on any atom is 0.240 e. The fourth-order valence-electron chi connectivity index (χ4n) is 2.59. The van der Waals surface area contributed by atoms with Crippen molar-refractivity contribution in [1.29, 1.82) is 0 Å². The van der Waals surface area contributed by atoms with E-state index in [9.17, 15) is 8.42 Å². The Morgan fingerprint density at radius 3 is 2.81 bits per heavy atom. The predicted octanol–water partition coefficient (Wildman–Crippen LogP) is 1.07. The summed E-state index contributed by atoms with van der Waals surface area (Å²) in [5, 5.41) is 3.28. The van der Waals surface area contributed by atoms with Gasteiger partial charge in [0.05, 0.1) is 16.3 Å². The number of nitrogens with zero attached hydrogens (tertiary/aromatic N) is 1. The molecule has 1 aromatic rings. The number of likely N-dealkylation sites (N-methyl/N-ethyl adjacent to an activating group) is 1. The van der Waals surface area contributed by atoms with Crippen molar-refractivity contribution in [3.8, 4) is 0 Å². The van der Waals surface area contributed by atoms with Crippen molar-refractivity contribution in [2.45, 2.75) is 30.7 Å². The molecule has 0 aliphatic carbocycles. The van der Waals surface area contributed by atoms with Crippen LogP contribution in [0.1, 0.15) is 19.8 Å². The molecular formula is C14H24N4O2S. The number of anilines is 2. The first-order chi connectivity index (χ1) is 9.94. The standard InChI is InChI=1S/C14H24N4O2S/c1-3-17-21(19,20)12-6-7-13(15)14(9-12)16-10-11-5-4-8-18(11)2/h6-7,9,11,16-17H,3-5,8,10,15H2,1-2H3. The lowest BCUT2D eigenvalue weighted by atomic mass is 10.2. The summed E-state index contributed by atoms with van der Waals surface area (Å²) >= 11 is 0. The SMILES string of the molecule is CCNS(=O)(=O)c1ccc(N)c(NCC2CCCN2C)c1. The molecule has 1 aliphatic rings. The van der Waals surface area contributed by atoms with Crippen LogP contribution in [0.15, 0.2) is 23.1 Å². The minimum absolute atomic E-state index is 0.237. The van der Waals surface area contributed by atoms with Gasteiger partial charge in [-0.2, -0.15) is 0 Å². The molecule has 1 saturated heterocycles. The second kappa shape index (κ2) is 6.64. The number of sulfonamides is 1. The smallest absolute Gasteiger partial charge is 0.240 e. The molecule has 7 heteroatoms. The lowest BCUT2D eigenvalue weighted by Gasteiger charge is -2.21. The second-order valence-corrected chi connectivity index (χ2v) is 7.17. The Hall–Kier alpha value is -1.31. The van der Waals surface area contributed by atoms with Crippen molar-refractivity contribution in [2.75, 3.05) is 37.7 Å². The van der Waals surface area contributed by atoms with E-state index >= 15 is 0 Å². The molecule has 0 bridgehead atoms. The van der Waals surface area contributed by atoms with Crippen LogP contribution >= 0.6 is 0 Å². The van der Waals surface area contributed by atoms with Crippen molar-refractivity contribution in [2.24, 2.45) is 0 Å². The average molecular weight is 312 g/mol. The summed E-state index contributed by atoms with van der Waals surface area (Å²) < 4.78 is 26.5. The number of nitrogens with one attached hydrogen (secondary N) is 2. The van der Waals surface area contributed by atoms with Gasteiger partial charge < -0.3 is 16.0 Å². The third kappa shape index (κ3) is 3.87. The van der Waals surface area contributed by atoms with Crippen LogP contribution in [0.25, 0.3) is 0 Å². The monoisotopic (exact) mass is 312 g/mol. The van der Waals surface area contributed by atoms with E-state index in [1.54, 1.807) is 19.1 Å². The molecule has 1 heterocycles. The Balaban J connectivity index is 2.12. The van der Waals surface area contributed by atoms with Crippen molar-refractivity contribution in [3.05, 3.63) is 18.2 Å². The van der Waals surface area contributed by atoms with Gasteiger partial charge in [-0.3, -0.25) is 0 Å². The molecule has 2 rings (SSSR count). The lowest BCUT2D eigenvalue weighted by molar-refractivity contribution is 0.322. The van der Waals surface area contributed by atoms with Crippen molar-refractivity contribution in [3.63, 3.8) is 0 Å². The van der Waals surface area contributed by atoms with Gasteiger partial charge in [0, 0.05) is 19.1 Å². The van der Waals surface area contributed by atoms with Gasteiger partial charge in [0.25, 0.3) is 0 Å². The van der Waals surface area contributed by atoms with Crippen LogP contribution in [0.4, 0.5) is 11.4 Å². The van der Waals surface area contributed by atoms with E-state index in [4.69, 9.17) is 5.73 Å². The number of benzene rings is 1. The molecule has 1 aromatic carbocycles. The van der Waals surface area contributed by atoms with Crippen LogP contribution in [0.2, 0.25) is 0 Å². The highest BCUT2D eigenvalue weighted by molar-refractivity contribution is 7.89. The predicted molar refractivity (Wildman–Crippen MR) is 85.9 cm³/mol. The van der Waals surface area contributed by atoms with E-state index in [1.807, 2.05) is 0 Å². The van der Waals surface area contributed by atoms with E-state index < -0.39 is 10.0 Å². The number of hydrogen-bond acceptors (Lipinski definition) is 5. The van der Waals surface area contributed by atoms with E-state index in [-0.39, 0.29) is 4.90 Å². The summed E-state index contributed by atoms with van der Waals surface area (Å²) in [6.45, 7) is 3.99. The Labute approximate surface area is 126 Å². The number of likely N-dealkylation sites (tertiary alicyclic amines) is 1. The van der Waals surface area contributed by atoms with Gasteiger partial charge in [0.1, 0.15) is 0 Å². The summed E-state index contributed by atoms with van der Waals surface area (Å²) in [5.74, 6) is 0. The lowest BCUT2D eigenvalue weighted by Crippen LogP contribution is -2.31. The van der Waals surface area contributed by atoms with Crippen molar-refractivity contribution >= 4 is 21.4 Å². The van der Waals surface area contributed by atoms with Gasteiger partial charge >= 0.3 is 0 Å². The largest absolute Gasteiger partial charge is 0.397 e. The average Bonchev–Trinajstić information content (AvgIpc) is 2.83. The second-order valence-electron chi connectivity index (χ2n) is 5.41. The molecule has 0 saturated carbocycles. The molecule has 118 valence electrons. The molecule has 1 aliphatic heterocycles. The maximum absolute atomic E-state index is 12.0. The molecule has 1 fully saturated rings. The van der Waals surface area contributed by atoms with Gasteiger partial charge in [0.2, 0.25) is 10.0 Å². The Morgan fingerprint density at radius 2 is 2.19 bits per heavy atom. The van der Waals surface area contributed by atoms with Crippen LogP contribution in [0.3, 0.4) is 0 Å². The van der Waals surface area contributed by atoms with Gasteiger partial charge in [0.15, 0.2) is 0 Å². The molecule has 1 unspecified atom stereocenters. The number of hydrogen-bond donors (Lipinski definition) is 3. The van der Waals surface area contributed by atoms with E-state index in [0.29, 0.717) is 24.0 Å². The highest BCUT2D eigenvalue weighted by Gasteiger charge is 2.21. The summed E-state index contributed by atoms with van der Waals surface area (Å²) in [7, 11) is -1.35. The maximum atomic E-state index is 12.0. The molecule has 6 nitrogen and oxygen atoms in total. The Kier molecular flexibility index (Phi) is 5.08. The van der Waals surface area contributed by atoms with Crippen molar-refractivity contribution in [1.82, 2.24) is 9.62 Å². The summed E-state index contributed by atoms with van der Waals surface area (Å²) in [4.78, 5) is 2.54. The first-order valence-corrected chi connectivity index (χ1v) is 8.75. The van der Waals surface area contributed by atoms with Gasteiger partial charge in [-0.05, 0) is 44.6 Å². The minimum Gasteiger partial charge on any atom is -0.397 e. The molecule has 21 heavy (non-hydrogen) atoms. The van der Waals surface area contributed by atoms with Gasteiger partial charge in [-0.15, -0.1) is 0 Å². The van der Waals surface area contributed by atoms with Crippen LogP contribution in [0, 0.1) is 0 Å². The zero-order chi connectivity index (χ0) is 15.5. The normalized spacial score (nSPS) is 19.8. The van der Waals surface area contributed by atoms with Gasteiger partial charge in [-0.25, -0.2) is 13.1 Å². The molecule has 4 N–H and O–H groups in total. The molecular weight excluding hydrogens is 288 g/mol. The first kappa shape index (κ1) is 16.1. The van der Waals surface area contributed by atoms with E-state index in [2.05, 4.69) is 22.0 Å². The number of nitrogen functional groups attached to an aromatic ring is 1. The van der Waals surface area contributed by atoms with E-state index in [0.717, 1.165) is 19.5 Å². The third-order valence-electron chi connectivity index (χ3n) is 3.87. The molecule has 0 spiro atoms. The highest BCUT2D eigenvalue weighted by Crippen LogP contribution is 2.24. The van der Waals surface area contributed by atoms with Crippen LogP contribution in [-0.4, -0.2) is 46.0 Å². The quantitative estimate of drug-likeness (QED) is 0.684. The third-order valence-corrected chi connectivity index (χ3v) is 5.41. The fraction of sp³-hybridized carbons (Fsp3) is 0.571. The molecule has 0 radical (unpaired) electrons. The van der Waals surface area contributed by atoms with Crippen LogP contribution in [0.5, 0.6) is 0 Å². The fourth-order valence-corrected chi connectivity index (χ4v) is 3.66. The van der Waals surface area contributed by atoms with Crippen LogP contribution in [-0.2, 0) is 10.0 Å². The molecule has 0 amide bonds. The van der Waals surface area contributed by atoms with Gasteiger partial charge in [-0.1, -0.05) is 6.92 Å². The highest BCUT2D eigenvalue weighted by atomic mass is 32.2. The zero-order valence-electron chi connectivity index (χ0n) is 12.6. The van der Waals surface area contributed by atoms with Crippen LogP contribution < -0.4 is 15.8 Å². The van der Waals surface area contributed by atoms with E-state index in [1.165, 1.54) is 12.5 Å².